The summed E-state index contributed by atoms with van der Waals surface area (Å²) in [5, 5.41) is 16.0. The van der Waals surface area contributed by atoms with Crippen molar-refractivity contribution in [2.75, 3.05) is 49.6 Å². The van der Waals surface area contributed by atoms with Crippen molar-refractivity contribution >= 4 is 46.0 Å². The van der Waals surface area contributed by atoms with Gasteiger partial charge in [-0.15, -0.1) is 11.3 Å². The minimum Gasteiger partial charge on any atom is -0.389 e. The first-order chi connectivity index (χ1) is 13.9. The Labute approximate surface area is 178 Å². The Balaban J connectivity index is 1.54. The van der Waals surface area contributed by atoms with Crippen LogP contribution >= 0.6 is 22.9 Å². The molecule has 2 heterocycles. The molecule has 0 spiro atoms. The second kappa shape index (κ2) is 10.1. The molecule has 1 saturated heterocycles. The van der Waals surface area contributed by atoms with E-state index in [1.54, 1.807) is 25.1 Å². The van der Waals surface area contributed by atoms with Crippen molar-refractivity contribution in [1.82, 2.24) is 5.32 Å². The maximum atomic E-state index is 12.1. The van der Waals surface area contributed by atoms with Crippen LogP contribution in [0.15, 0.2) is 30.3 Å². The fourth-order valence-electron chi connectivity index (χ4n) is 3.05. The zero-order chi connectivity index (χ0) is 20.8. The second-order valence-corrected chi connectivity index (χ2v) is 8.45. The minimum absolute atomic E-state index is 0.0161. The minimum atomic E-state index is -0.783. The number of morpholine rings is 1. The highest BCUT2D eigenvalue weighted by molar-refractivity contribution is 7.17. The molecule has 1 amide bonds. The molecule has 3 N–H and O–H groups in total. The van der Waals surface area contributed by atoms with Gasteiger partial charge < -0.3 is 25.4 Å². The summed E-state index contributed by atoms with van der Waals surface area (Å²) >= 11 is 7.01. The number of aliphatic hydroxyl groups excluding tert-OH is 1. The maximum absolute atomic E-state index is 12.1. The van der Waals surface area contributed by atoms with Gasteiger partial charge in [-0.05, 0) is 37.3 Å². The van der Waals surface area contributed by atoms with E-state index in [4.69, 9.17) is 16.3 Å². The first-order valence-electron chi connectivity index (χ1n) is 9.37. The number of halogens is 1. The Morgan fingerprint density at radius 3 is 2.66 bits per heavy atom. The number of aliphatic hydroxyl groups is 1. The van der Waals surface area contributed by atoms with Crippen molar-refractivity contribution in [2.24, 2.45) is 0 Å². The van der Waals surface area contributed by atoms with Gasteiger partial charge in [-0.25, -0.2) is 0 Å². The van der Waals surface area contributed by atoms with Crippen LogP contribution in [0.3, 0.4) is 0 Å². The molecule has 1 aliphatic rings. The van der Waals surface area contributed by atoms with Gasteiger partial charge in [-0.1, -0.05) is 11.6 Å². The molecule has 0 bridgehead atoms. The number of hydrogen-bond donors (Lipinski definition) is 3. The van der Waals surface area contributed by atoms with Crippen molar-refractivity contribution in [2.45, 2.75) is 13.0 Å². The molecule has 0 radical (unpaired) electrons. The zero-order valence-corrected chi connectivity index (χ0v) is 17.7. The smallest absolute Gasteiger partial charge is 0.261 e. The van der Waals surface area contributed by atoms with E-state index in [9.17, 15) is 14.7 Å². The molecule has 0 saturated carbocycles. The van der Waals surface area contributed by atoms with Crippen LogP contribution in [0.1, 0.15) is 27.0 Å². The van der Waals surface area contributed by atoms with E-state index in [2.05, 4.69) is 15.5 Å². The topological polar surface area (TPSA) is 90.9 Å². The van der Waals surface area contributed by atoms with Crippen LogP contribution < -0.4 is 15.5 Å². The van der Waals surface area contributed by atoms with Crippen molar-refractivity contribution in [3.8, 4) is 0 Å². The summed E-state index contributed by atoms with van der Waals surface area (Å²) in [6.45, 7) is 4.68. The Morgan fingerprint density at radius 1 is 1.24 bits per heavy atom. The summed E-state index contributed by atoms with van der Waals surface area (Å²) in [5.41, 5.74) is 2.27. The number of thiophene rings is 1. The van der Waals surface area contributed by atoms with Crippen LogP contribution in [-0.2, 0) is 4.74 Å². The van der Waals surface area contributed by atoms with E-state index in [0.717, 1.165) is 24.5 Å². The third-order valence-electron chi connectivity index (χ3n) is 4.56. The Bertz CT molecular complexity index is 867. The van der Waals surface area contributed by atoms with E-state index in [0.29, 0.717) is 28.0 Å². The summed E-state index contributed by atoms with van der Waals surface area (Å²) in [6, 6.07) is 8.90. The van der Waals surface area contributed by atoms with E-state index in [-0.39, 0.29) is 24.8 Å². The normalized spacial score (nSPS) is 15.1. The van der Waals surface area contributed by atoms with Gasteiger partial charge >= 0.3 is 0 Å². The average molecular weight is 438 g/mol. The second-order valence-electron chi connectivity index (χ2n) is 6.74. The van der Waals surface area contributed by atoms with Gasteiger partial charge in [0.15, 0.2) is 5.78 Å². The van der Waals surface area contributed by atoms with Crippen molar-refractivity contribution < 1.29 is 19.4 Å². The molecular weight excluding hydrogens is 414 g/mol. The van der Waals surface area contributed by atoms with E-state index in [1.165, 1.54) is 11.3 Å². The quantitative estimate of drug-likeness (QED) is 0.550. The van der Waals surface area contributed by atoms with E-state index < -0.39 is 6.10 Å². The Kier molecular flexibility index (Phi) is 7.49. The third-order valence-corrected chi connectivity index (χ3v) is 5.79. The lowest BCUT2D eigenvalue weighted by Gasteiger charge is -2.30. The highest BCUT2D eigenvalue weighted by Crippen LogP contribution is 2.26. The molecule has 3 rings (SSSR count). The summed E-state index contributed by atoms with van der Waals surface area (Å²) in [7, 11) is 0. The molecule has 7 nitrogen and oxygen atoms in total. The van der Waals surface area contributed by atoms with Crippen LogP contribution in [-0.4, -0.2) is 62.3 Å². The molecule has 1 aromatic heterocycles. The van der Waals surface area contributed by atoms with Crippen LogP contribution in [0.5, 0.6) is 0 Å². The number of amides is 1. The molecule has 1 aliphatic heterocycles. The van der Waals surface area contributed by atoms with Crippen molar-refractivity contribution in [3.63, 3.8) is 0 Å². The molecule has 1 unspecified atom stereocenters. The number of Topliss-reactive ketones (excluding diaryl/α,β-unsaturated/α-hetero) is 1. The van der Waals surface area contributed by atoms with Crippen molar-refractivity contribution in [1.29, 1.82) is 0 Å². The first kappa shape index (κ1) is 21.6. The van der Waals surface area contributed by atoms with Crippen LogP contribution in [0, 0.1) is 0 Å². The van der Waals surface area contributed by atoms with Crippen molar-refractivity contribution in [3.05, 3.63) is 45.1 Å². The number of ether oxygens (including phenoxy) is 1. The third kappa shape index (κ3) is 5.93. The fraction of sp³-hybridized carbons (Fsp3) is 0.400. The maximum Gasteiger partial charge on any atom is 0.261 e. The summed E-state index contributed by atoms with van der Waals surface area (Å²) in [6.07, 6.45) is -0.783. The number of nitrogens with zero attached hydrogens (tertiary/aromatic N) is 1. The molecule has 9 heteroatoms. The van der Waals surface area contributed by atoms with Gasteiger partial charge in [0, 0.05) is 43.1 Å². The highest BCUT2D eigenvalue weighted by atomic mass is 35.5. The predicted molar refractivity (Wildman–Crippen MR) is 116 cm³/mol. The summed E-state index contributed by atoms with van der Waals surface area (Å²) in [4.78, 5) is 26.8. The largest absolute Gasteiger partial charge is 0.389 e. The van der Waals surface area contributed by atoms with Gasteiger partial charge in [-0.3, -0.25) is 9.59 Å². The Morgan fingerprint density at radius 2 is 2.00 bits per heavy atom. The number of hydrogen-bond acceptors (Lipinski definition) is 7. The number of benzene rings is 1. The van der Waals surface area contributed by atoms with Gasteiger partial charge in [0.25, 0.3) is 5.91 Å². The molecule has 1 fully saturated rings. The number of nitrogens with one attached hydrogen (secondary N) is 2. The molecule has 2 aromatic rings. The highest BCUT2D eigenvalue weighted by Gasteiger charge is 2.18. The predicted octanol–water partition coefficient (Wildman–Crippen LogP) is 2.64. The summed E-state index contributed by atoms with van der Waals surface area (Å²) in [5.74, 6) is -0.285. The first-order valence-corrected chi connectivity index (χ1v) is 10.6. The lowest BCUT2D eigenvalue weighted by Crippen LogP contribution is -2.37. The molecule has 156 valence electrons. The molecule has 1 aromatic carbocycles. The molecule has 0 aliphatic carbocycles. The lowest BCUT2D eigenvalue weighted by atomic mass is 10.1. The van der Waals surface area contributed by atoms with E-state index >= 15 is 0 Å². The number of carbonyl (C=O) groups excluding carboxylic acids is 2. The number of ketones is 1. The Hall–Kier alpha value is -2.13. The van der Waals surface area contributed by atoms with Gasteiger partial charge in [0.2, 0.25) is 0 Å². The number of anilines is 2. The monoisotopic (exact) mass is 437 g/mol. The fourth-order valence-corrected chi connectivity index (χ4v) is 4.01. The van der Waals surface area contributed by atoms with Gasteiger partial charge in [0.05, 0.1) is 28.5 Å². The average Bonchev–Trinajstić information content (AvgIpc) is 3.17. The van der Waals surface area contributed by atoms with Crippen LogP contribution in [0.25, 0.3) is 0 Å². The molecule has 29 heavy (non-hydrogen) atoms. The van der Waals surface area contributed by atoms with Crippen LogP contribution in [0.2, 0.25) is 4.34 Å². The van der Waals surface area contributed by atoms with Gasteiger partial charge in [0.1, 0.15) is 0 Å². The standard InChI is InChI=1S/C20H24ClN3O4S/c1-13(25)16-10-14(2-3-17(16)24-6-8-28-9-7-24)22-11-15(26)12-23-20(27)18-4-5-19(21)29-18/h2-5,10,15,22,26H,6-9,11-12H2,1H3,(H,23,27). The van der Waals surface area contributed by atoms with E-state index in [1.807, 2.05) is 12.1 Å². The number of carbonyl (C=O) groups is 2. The number of rotatable bonds is 8. The SMILES string of the molecule is CC(=O)c1cc(NCC(O)CNC(=O)c2ccc(Cl)s2)ccc1N1CCOCC1. The molecule has 1 atom stereocenters. The zero-order valence-electron chi connectivity index (χ0n) is 16.1. The van der Waals surface area contributed by atoms with Crippen LogP contribution in [0.4, 0.5) is 11.4 Å². The molecular formula is C20H24ClN3O4S. The van der Waals surface area contributed by atoms with Gasteiger partial charge in [-0.2, -0.15) is 0 Å². The summed E-state index contributed by atoms with van der Waals surface area (Å²) < 4.78 is 5.92. The lowest BCUT2D eigenvalue weighted by molar-refractivity contribution is 0.0925.